The molecule has 0 spiro atoms. The number of amides is 1. The Kier molecular flexibility index (Phi) is 5.22. The fourth-order valence-electron chi connectivity index (χ4n) is 3.09. The molecule has 0 bridgehead atoms. The first-order valence-corrected chi connectivity index (χ1v) is 9.93. The van der Waals surface area contributed by atoms with E-state index in [1.54, 1.807) is 28.6 Å². The average Bonchev–Trinajstić information content (AvgIpc) is 3.10. The van der Waals surface area contributed by atoms with Crippen molar-refractivity contribution in [2.75, 3.05) is 25.0 Å². The lowest BCUT2D eigenvalue weighted by Gasteiger charge is -2.29. The van der Waals surface area contributed by atoms with E-state index < -0.39 is 16.1 Å². The molecule has 0 saturated carbocycles. The summed E-state index contributed by atoms with van der Waals surface area (Å²) in [5.74, 6) is 0.403. The number of benzene rings is 1. The maximum absolute atomic E-state index is 12.7. The van der Waals surface area contributed by atoms with E-state index in [4.69, 9.17) is 4.74 Å². The fourth-order valence-corrected chi connectivity index (χ4v) is 4.56. The van der Waals surface area contributed by atoms with E-state index in [-0.39, 0.29) is 10.8 Å². The van der Waals surface area contributed by atoms with Crippen molar-refractivity contribution < 1.29 is 17.9 Å². The number of carbonyl (C=O) groups excluding carboxylic acids is 1. The molecule has 0 aliphatic carbocycles. The lowest BCUT2D eigenvalue weighted by atomic mass is 10.0. The first-order valence-electron chi connectivity index (χ1n) is 8.49. The topological polar surface area (TPSA) is 75.7 Å². The largest absolute Gasteiger partial charge is 0.368 e. The molecule has 1 aromatic rings. The number of nitrogens with zero attached hydrogens (tertiary/aromatic N) is 1. The summed E-state index contributed by atoms with van der Waals surface area (Å²) >= 11 is 0. The lowest BCUT2D eigenvalue weighted by molar-refractivity contribution is -0.124. The van der Waals surface area contributed by atoms with E-state index in [0.717, 1.165) is 25.7 Å². The molecule has 24 heavy (non-hydrogen) atoms. The molecule has 0 aromatic heterocycles. The number of rotatable bonds is 4. The molecular weight excluding hydrogens is 328 g/mol. The maximum Gasteiger partial charge on any atom is 0.253 e. The van der Waals surface area contributed by atoms with Crippen LogP contribution in [0.5, 0.6) is 0 Å². The van der Waals surface area contributed by atoms with E-state index in [2.05, 4.69) is 12.2 Å². The van der Waals surface area contributed by atoms with Crippen LogP contribution < -0.4 is 5.32 Å². The number of hydrogen-bond acceptors (Lipinski definition) is 4. The number of hydrogen-bond donors (Lipinski definition) is 1. The first-order chi connectivity index (χ1) is 11.5. The minimum absolute atomic E-state index is 0.173. The van der Waals surface area contributed by atoms with Crippen LogP contribution in [0.2, 0.25) is 0 Å². The molecule has 1 amide bonds. The van der Waals surface area contributed by atoms with Crippen molar-refractivity contribution in [1.29, 1.82) is 0 Å². The third kappa shape index (κ3) is 3.79. The van der Waals surface area contributed by atoms with Crippen LogP contribution in [-0.2, 0) is 19.6 Å². The highest BCUT2D eigenvalue weighted by molar-refractivity contribution is 7.89. The SMILES string of the molecule is CC1CCN(S(=O)(=O)c2ccc(NC(=O)[C@H]3CCCO3)cc2)CC1. The van der Waals surface area contributed by atoms with Crippen LogP contribution in [0, 0.1) is 5.92 Å². The Morgan fingerprint density at radius 3 is 2.42 bits per heavy atom. The zero-order chi connectivity index (χ0) is 17.2. The molecule has 2 aliphatic rings. The standard InChI is InChI=1S/C17H24N2O4S/c1-13-8-10-19(11-9-13)24(21,22)15-6-4-14(5-7-15)18-17(20)16-3-2-12-23-16/h4-7,13,16H,2-3,8-12H2,1H3,(H,18,20)/t16-/m1/s1. The van der Waals surface area contributed by atoms with Crippen molar-refractivity contribution in [2.45, 2.75) is 43.6 Å². The number of carbonyl (C=O) groups is 1. The highest BCUT2D eigenvalue weighted by atomic mass is 32.2. The molecule has 132 valence electrons. The van der Waals surface area contributed by atoms with Gasteiger partial charge in [0.2, 0.25) is 10.0 Å². The second kappa shape index (κ2) is 7.21. The summed E-state index contributed by atoms with van der Waals surface area (Å²) in [6.07, 6.45) is 3.02. The monoisotopic (exact) mass is 352 g/mol. The van der Waals surface area contributed by atoms with Crippen LogP contribution in [0.25, 0.3) is 0 Å². The zero-order valence-corrected chi connectivity index (χ0v) is 14.7. The summed E-state index contributed by atoms with van der Waals surface area (Å²) in [5.41, 5.74) is 0.585. The van der Waals surface area contributed by atoms with Gasteiger partial charge in [0.1, 0.15) is 6.10 Å². The Morgan fingerprint density at radius 2 is 1.83 bits per heavy atom. The molecule has 7 heteroatoms. The minimum atomic E-state index is -3.45. The number of nitrogens with one attached hydrogen (secondary N) is 1. The van der Waals surface area contributed by atoms with Gasteiger partial charge in [0.25, 0.3) is 5.91 Å². The molecule has 3 rings (SSSR count). The number of anilines is 1. The Hall–Kier alpha value is -1.44. The molecule has 2 fully saturated rings. The van der Waals surface area contributed by atoms with Gasteiger partial charge in [0.15, 0.2) is 0 Å². The molecule has 1 aromatic carbocycles. The van der Waals surface area contributed by atoms with Gasteiger partial charge in [-0.15, -0.1) is 0 Å². The van der Waals surface area contributed by atoms with Gasteiger partial charge in [-0.1, -0.05) is 6.92 Å². The summed E-state index contributed by atoms with van der Waals surface area (Å²) in [5, 5.41) is 2.78. The molecule has 1 atom stereocenters. The minimum Gasteiger partial charge on any atom is -0.368 e. The van der Waals surface area contributed by atoms with Crippen molar-refractivity contribution >= 4 is 21.6 Å². The molecule has 1 N–H and O–H groups in total. The van der Waals surface area contributed by atoms with Crippen molar-refractivity contribution in [3.8, 4) is 0 Å². The third-order valence-corrected chi connectivity index (χ3v) is 6.64. The van der Waals surface area contributed by atoms with Gasteiger partial charge in [0, 0.05) is 25.4 Å². The van der Waals surface area contributed by atoms with Gasteiger partial charge < -0.3 is 10.1 Å². The smallest absolute Gasteiger partial charge is 0.253 e. The second-order valence-corrected chi connectivity index (χ2v) is 8.54. The Labute approximate surface area is 143 Å². The van der Waals surface area contributed by atoms with E-state index >= 15 is 0 Å². The van der Waals surface area contributed by atoms with E-state index in [1.165, 1.54) is 0 Å². The summed E-state index contributed by atoms with van der Waals surface area (Å²) < 4.78 is 32.2. The zero-order valence-electron chi connectivity index (χ0n) is 13.9. The van der Waals surface area contributed by atoms with Gasteiger partial charge in [-0.2, -0.15) is 4.31 Å². The number of ether oxygens (including phenoxy) is 1. The van der Waals surface area contributed by atoms with Gasteiger partial charge in [-0.3, -0.25) is 4.79 Å². The molecule has 6 nitrogen and oxygen atoms in total. The quantitative estimate of drug-likeness (QED) is 0.901. The van der Waals surface area contributed by atoms with E-state index in [9.17, 15) is 13.2 Å². The summed E-state index contributed by atoms with van der Waals surface area (Å²) in [7, 11) is -3.45. The predicted octanol–water partition coefficient (Wildman–Crippen LogP) is 2.22. The van der Waals surface area contributed by atoms with Gasteiger partial charge in [-0.05, 0) is 55.9 Å². The van der Waals surface area contributed by atoms with Crippen LogP contribution in [-0.4, -0.2) is 44.4 Å². The van der Waals surface area contributed by atoms with Crippen LogP contribution in [0.3, 0.4) is 0 Å². The molecular formula is C17H24N2O4S. The normalized spacial score (nSPS) is 23.3. The Morgan fingerprint density at radius 1 is 1.17 bits per heavy atom. The van der Waals surface area contributed by atoms with Crippen molar-refractivity contribution in [3.05, 3.63) is 24.3 Å². The van der Waals surface area contributed by atoms with Crippen molar-refractivity contribution in [3.63, 3.8) is 0 Å². The third-order valence-electron chi connectivity index (χ3n) is 4.72. The van der Waals surface area contributed by atoms with Crippen LogP contribution in [0.1, 0.15) is 32.6 Å². The molecule has 2 heterocycles. The Bertz CT molecular complexity index is 673. The van der Waals surface area contributed by atoms with Gasteiger partial charge in [0.05, 0.1) is 4.90 Å². The van der Waals surface area contributed by atoms with E-state index in [1.807, 2.05) is 0 Å². The fraction of sp³-hybridized carbons (Fsp3) is 0.588. The van der Waals surface area contributed by atoms with Gasteiger partial charge in [-0.25, -0.2) is 8.42 Å². The van der Waals surface area contributed by atoms with Crippen LogP contribution >= 0.6 is 0 Å². The maximum atomic E-state index is 12.7. The highest BCUT2D eigenvalue weighted by Gasteiger charge is 2.28. The molecule has 2 saturated heterocycles. The van der Waals surface area contributed by atoms with Crippen molar-refractivity contribution in [1.82, 2.24) is 4.31 Å². The summed E-state index contributed by atoms with van der Waals surface area (Å²) in [6.45, 7) is 3.90. The highest BCUT2D eigenvalue weighted by Crippen LogP contribution is 2.24. The van der Waals surface area contributed by atoms with Gasteiger partial charge >= 0.3 is 0 Å². The average molecular weight is 352 g/mol. The Balaban J connectivity index is 1.66. The molecule has 2 aliphatic heterocycles. The molecule has 0 unspecified atom stereocenters. The predicted molar refractivity (Wildman–Crippen MR) is 91.2 cm³/mol. The van der Waals surface area contributed by atoms with Crippen LogP contribution in [0.4, 0.5) is 5.69 Å². The lowest BCUT2D eigenvalue weighted by Crippen LogP contribution is -2.37. The van der Waals surface area contributed by atoms with Crippen molar-refractivity contribution in [2.24, 2.45) is 5.92 Å². The summed E-state index contributed by atoms with van der Waals surface area (Å²) in [6, 6.07) is 6.37. The van der Waals surface area contributed by atoms with E-state index in [0.29, 0.717) is 31.3 Å². The second-order valence-electron chi connectivity index (χ2n) is 6.60. The number of piperidine rings is 1. The molecule has 0 radical (unpaired) electrons. The first kappa shape index (κ1) is 17.4. The number of sulfonamides is 1. The summed E-state index contributed by atoms with van der Waals surface area (Å²) in [4.78, 5) is 12.3. The van der Waals surface area contributed by atoms with Crippen LogP contribution in [0.15, 0.2) is 29.2 Å².